The fourth-order valence-electron chi connectivity index (χ4n) is 5.51. The number of nitrogens with one attached hydrogen (secondary N) is 1. The van der Waals surface area contributed by atoms with Gasteiger partial charge in [0.15, 0.2) is 0 Å². The van der Waals surface area contributed by atoms with Crippen molar-refractivity contribution in [2.24, 2.45) is 5.92 Å². The summed E-state index contributed by atoms with van der Waals surface area (Å²) in [6.45, 7) is 3.58. The van der Waals surface area contributed by atoms with Gasteiger partial charge in [-0.15, -0.1) is 11.3 Å². The minimum atomic E-state index is -0.877. The highest BCUT2D eigenvalue weighted by molar-refractivity contribution is 7.10. The van der Waals surface area contributed by atoms with Gasteiger partial charge >= 0.3 is 5.97 Å². The zero-order valence-electron chi connectivity index (χ0n) is 23.3. The van der Waals surface area contributed by atoms with Gasteiger partial charge in [0.1, 0.15) is 0 Å². The molecule has 0 radical (unpaired) electrons. The molecule has 0 saturated heterocycles. The number of anilines is 1. The van der Waals surface area contributed by atoms with E-state index in [9.17, 15) is 4.79 Å². The van der Waals surface area contributed by atoms with Gasteiger partial charge in [0.05, 0.1) is 22.9 Å². The second-order valence-electron chi connectivity index (χ2n) is 11.0. The van der Waals surface area contributed by atoms with Crippen LogP contribution in [0.3, 0.4) is 0 Å². The monoisotopic (exact) mass is 554 g/mol. The third kappa shape index (κ3) is 7.34. The van der Waals surface area contributed by atoms with Crippen molar-refractivity contribution in [2.75, 3.05) is 18.5 Å². The number of carbonyl (C=O) groups is 1. The van der Waals surface area contributed by atoms with Crippen molar-refractivity contribution in [3.63, 3.8) is 0 Å². The maximum atomic E-state index is 10.8. The van der Waals surface area contributed by atoms with Crippen molar-refractivity contribution >= 4 is 23.0 Å². The molecule has 0 unspecified atom stereocenters. The molecule has 7 heteroatoms. The van der Waals surface area contributed by atoms with Gasteiger partial charge in [-0.05, 0) is 59.6 Å². The topological polar surface area (TPSA) is 78.4 Å². The van der Waals surface area contributed by atoms with Crippen LogP contribution in [0.2, 0.25) is 0 Å². The van der Waals surface area contributed by atoms with Crippen molar-refractivity contribution in [3.8, 4) is 11.3 Å². The van der Waals surface area contributed by atoms with Gasteiger partial charge in [0.2, 0.25) is 0 Å². The Balaban J connectivity index is 1.18. The minimum absolute atomic E-state index is 0.0886. The molecule has 2 aromatic carbocycles. The molecule has 1 aliphatic carbocycles. The summed E-state index contributed by atoms with van der Waals surface area (Å²) >= 11 is 1.64. The number of thiazole rings is 1. The standard InChI is InChI=1S/C33H38N4O2S/c1-23-5-9-25(10-6-23)26-11-7-24(8-12-26)21-37(2)29-15-13-27(14-16-29)31-22-40-32(36-31)18-28-4-3-17-35-30(28)19-34-20-33(38)39/h3-4,7-8,11-17,22-23,25,34H,5-6,9-10,18-21H2,1-2H3,(H,38,39). The molecule has 4 aromatic rings. The predicted molar refractivity (Wildman–Crippen MR) is 163 cm³/mol. The van der Waals surface area contributed by atoms with Crippen LogP contribution in [-0.4, -0.2) is 34.6 Å². The van der Waals surface area contributed by atoms with Crippen LogP contribution in [0.5, 0.6) is 0 Å². The van der Waals surface area contributed by atoms with E-state index in [0.29, 0.717) is 13.0 Å². The Morgan fingerprint density at radius 2 is 1.80 bits per heavy atom. The Morgan fingerprint density at radius 3 is 2.52 bits per heavy atom. The van der Waals surface area contributed by atoms with Gasteiger partial charge in [-0.25, -0.2) is 4.98 Å². The molecule has 2 N–H and O–H groups in total. The van der Waals surface area contributed by atoms with Crippen molar-refractivity contribution in [1.82, 2.24) is 15.3 Å². The zero-order valence-corrected chi connectivity index (χ0v) is 24.2. The number of benzene rings is 2. The summed E-state index contributed by atoms with van der Waals surface area (Å²) in [4.78, 5) is 22.4. The molecule has 0 aliphatic heterocycles. The van der Waals surface area contributed by atoms with E-state index in [1.165, 1.54) is 42.5 Å². The molecule has 1 aliphatic rings. The molecule has 0 bridgehead atoms. The number of hydrogen-bond donors (Lipinski definition) is 2. The van der Waals surface area contributed by atoms with Crippen LogP contribution in [0, 0.1) is 5.92 Å². The third-order valence-corrected chi connectivity index (χ3v) is 8.79. The summed E-state index contributed by atoms with van der Waals surface area (Å²) in [5.41, 5.74) is 7.98. The quantitative estimate of drug-likeness (QED) is 0.210. The lowest BCUT2D eigenvalue weighted by atomic mass is 9.79. The number of carboxylic acid groups (broad SMARTS) is 1. The van der Waals surface area contributed by atoms with Crippen molar-refractivity contribution < 1.29 is 9.90 Å². The van der Waals surface area contributed by atoms with Crippen molar-refractivity contribution in [1.29, 1.82) is 0 Å². The first-order chi connectivity index (χ1) is 19.4. The number of carboxylic acids is 1. The number of pyridine rings is 1. The van der Waals surface area contributed by atoms with Crippen LogP contribution in [-0.2, 0) is 24.3 Å². The summed E-state index contributed by atoms with van der Waals surface area (Å²) in [5, 5.41) is 14.9. The first kappa shape index (κ1) is 28.0. The molecular weight excluding hydrogens is 516 g/mol. The zero-order chi connectivity index (χ0) is 27.9. The number of hydrogen-bond acceptors (Lipinski definition) is 6. The molecule has 40 heavy (non-hydrogen) atoms. The van der Waals surface area contributed by atoms with Crippen molar-refractivity contribution in [2.45, 2.75) is 58.0 Å². The Morgan fingerprint density at radius 1 is 1.05 bits per heavy atom. The Kier molecular flexibility index (Phi) is 9.24. The fourth-order valence-corrected chi connectivity index (χ4v) is 6.33. The maximum absolute atomic E-state index is 10.8. The largest absolute Gasteiger partial charge is 0.480 e. The highest BCUT2D eigenvalue weighted by Crippen LogP contribution is 2.35. The smallest absolute Gasteiger partial charge is 0.317 e. The highest BCUT2D eigenvalue weighted by Gasteiger charge is 2.19. The van der Waals surface area contributed by atoms with E-state index in [2.05, 4.69) is 83.1 Å². The van der Waals surface area contributed by atoms with Gasteiger partial charge < -0.3 is 15.3 Å². The lowest BCUT2D eigenvalue weighted by molar-refractivity contribution is -0.136. The molecule has 0 spiro atoms. The second-order valence-corrected chi connectivity index (χ2v) is 12.0. The molecule has 6 nitrogen and oxygen atoms in total. The van der Waals surface area contributed by atoms with Gasteiger partial charge in [-0.2, -0.15) is 0 Å². The predicted octanol–water partition coefficient (Wildman–Crippen LogP) is 6.90. The Bertz CT molecular complexity index is 1390. The van der Waals surface area contributed by atoms with E-state index >= 15 is 0 Å². The molecule has 0 atom stereocenters. The summed E-state index contributed by atoms with van der Waals surface area (Å²) in [7, 11) is 2.14. The summed E-state index contributed by atoms with van der Waals surface area (Å²) < 4.78 is 0. The molecule has 1 fully saturated rings. The number of rotatable bonds is 11. The number of aliphatic carboxylic acids is 1. The lowest BCUT2D eigenvalue weighted by Crippen LogP contribution is -2.23. The maximum Gasteiger partial charge on any atom is 0.317 e. The van der Waals surface area contributed by atoms with E-state index in [1.54, 1.807) is 17.5 Å². The summed E-state index contributed by atoms with van der Waals surface area (Å²) in [6, 6.07) is 21.8. The van der Waals surface area contributed by atoms with E-state index in [0.717, 1.165) is 45.9 Å². The molecule has 5 rings (SSSR count). The summed E-state index contributed by atoms with van der Waals surface area (Å²) in [6.07, 6.45) is 7.76. The van der Waals surface area contributed by atoms with Crippen LogP contribution < -0.4 is 10.2 Å². The second kappa shape index (κ2) is 13.2. The van der Waals surface area contributed by atoms with E-state index in [-0.39, 0.29) is 6.54 Å². The van der Waals surface area contributed by atoms with E-state index in [1.807, 2.05) is 12.1 Å². The Hall–Kier alpha value is -3.55. The number of aromatic nitrogens is 2. The molecular formula is C33H38N4O2S. The molecule has 2 aromatic heterocycles. The van der Waals surface area contributed by atoms with E-state index < -0.39 is 5.97 Å². The molecule has 1 saturated carbocycles. The average Bonchev–Trinajstić information content (AvgIpc) is 3.43. The van der Waals surface area contributed by atoms with Crippen LogP contribution >= 0.6 is 11.3 Å². The van der Waals surface area contributed by atoms with Crippen LogP contribution in [0.1, 0.15) is 65.9 Å². The first-order valence-electron chi connectivity index (χ1n) is 14.1. The highest BCUT2D eigenvalue weighted by atomic mass is 32.1. The fraction of sp³-hybridized carbons (Fsp3) is 0.364. The molecule has 208 valence electrons. The van der Waals surface area contributed by atoms with E-state index in [4.69, 9.17) is 10.1 Å². The van der Waals surface area contributed by atoms with Crippen molar-refractivity contribution in [3.05, 3.63) is 99.6 Å². The normalized spacial score (nSPS) is 17.1. The third-order valence-electron chi connectivity index (χ3n) is 7.94. The van der Waals surface area contributed by atoms with Gasteiger partial charge in [0, 0.05) is 49.4 Å². The Labute approximate surface area is 241 Å². The van der Waals surface area contributed by atoms with Crippen LogP contribution in [0.25, 0.3) is 11.3 Å². The molecule has 2 heterocycles. The average molecular weight is 555 g/mol. The minimum Gasteiger partial charge on any atom is -0.480 e. The van der Waals surface area contributed by atoms with Gasteiger partial charge in [-0.3, -0.25) is 9.78 Å². The molecule has 0 amide bonds. The number of nitrogens with zero attached hydrogens (tertiary/aromatic N) is 3. The van der Waals surface area contributed by atoms with Gasteiger partial charge in [-0.1, -0.05) is 62.2 Å². The first-order valence-corrected chi connectivity index (χ1v) is 15.0. The summed E-state index contributed by atoms with van der Waals surface area (Å²) in [5.74, 6) is 0.737. The lowest BCUT2D eigenvalue weighted by Gasteiger charge is -2.26. The SMILES string of the molecule is CC1CCC(c2ccc(CN(C)c3ccc(-c4csc(Cc5cccnc5CNCC(=O)O)n4)cc3)cc2)CC1. The van der Waals surface area contributed by atoms with Crippen LogP contribution in [0.4, 0.5) is 5.69 Å². The van der Waals surface area contributed by atoms with Crippen LogP contribution in [0.15, 0.2) is 72.2 Å². The van der Waals surface area contributed by atoms with Gasteiger partial charge in [0.25, 0.3) is 0 Å².